The van der Waals surface area contributed by atoms with Gasteiger partial charge in [-0.15, -0.1) is 0 Å². The number of ether oxygens (including phenoxy) is 1. The van der Waals surface area contributed by atoms with E-state index in [0.717, 1.165) is 36.7 Å². The van der Waals surface area contributed by atoms with Crippen molar-refractivity contribution >= 4 is 0 Å². The van der Waals surface area contributed by atoms with Crippen LogP contribution in [0.4, 0.5) is 0 Å². The molecule has 1 N–H and O–H groups in total. The molecule has 0 radical (unpaired) electrons. The van der Waals surface area contributed by atoms with Crippen molar-refractivity contribution in [1.29, 1.82) is 0 Å². The van der Waals surface area contributed by atoms with Crippen molar-refractivity contribution in [3.05, 3.63) is 41.5 Å². The summed E-state index contributed by atoms with van der Waals surface area (Å²) in [4.78, 5) is 4.73. The number of rotatable bonds is 6. The minimum absolute atomic E-state index is 0.164. The second kappa shape index (κ2) is 6.71. The zero-order chi connectivity index (χ0) is 16.3. The van der Waals surface area contributed by atoms with Crippen LogP contribution >= 0.6 is 0 Å². The molecule has 5 nitrogen and oxygen atoms in total. The van der Waals surface area contributed by atoms with E-state index in [1.807, 2.05) is 19.2 Å². The average Bonchev–Trinajstić information content (AvgIpc) is 3.24. The molecule has 23 heavy (non-hydrogen) atoms. The van der Waals surface area contributed by atoms with Crippen LogP contribution in [0.25, 0.3) is 0 Å². The summed E-state index contributed by atoms with van der Waals surface area (Å²) < 4.78 is 11.1. The summed E-state index contributed by atoms with van der Waals surface area (Å²) >= 11 is 0. The Morgan fingerprint density at radius 2 is 2.13 bits per heavy atom. The molecule has 1 aliphatic rings. The molecule has 1 heterocycles. The maximum atomic E-state index is 5.70. The van der Waals surface area contributed by atoms with Gasteiger partial charge >= 0.3 is 0 Å². The van der Waals surface area contributed by atoms with Gasteiger partial charge in [0.15, 0.2) is 5.82 Å². The van der Waals surface area contributed by atoms with E-state index in [4.69, 9.17) is 14.2 Å². The second-order valence-corrected chi connectivity index (χ2v) is 6.43. The van der Waals surface area contributed by atoms with Gasteiger partial charge < -0.3 is 14.6 Å². The molecule has 1 aromatic heterocycles. The SMILES string of the molecule is CNC(C)Cc1noc(C2(c3cccc(OC)c3)CCCC2)n1. The Balaban J connectivity index is 1.95. The number of hydrogen-bond donors (Lipinski definition) is 1. The molecule has 3 rings (SSSR count). The number of aromatic nitrogens is 2. The molecule has 1 aromatic carbocycles. The van der Waals surface area contributed by atoms with Crippen LogP contribution in [0, 0.1) is 0 Å². The van der Waals surface area contributed by atoms with Crippen LogP contribution in [0.5, 0.6) is 5.75 Å². The number of nitrogens with zero attached hydrogens (tertiary/aromatic N) is 2. The van der Waals surface area contributed by atoms with Gasteiger partial charge in [-0.3, -0.25) is 0 Å². The van der Waals surface area contributed by atoms with E-state index in [-0.39, 0.29) is 5.41 Å². The lowest BCUT2D eigenvalue weighted by atomic mass is 9.78. The zero-order valence-electron chi connectivity index (χ0n) is 14.1. The smallest absolute Gasteiger partial charge is 0.237 e. The number of benzene rings is 1. The molecule has 0 aliphatic heterocycles. The van der Waals surface area contributed by atoms with Gasteiger partial charge in [-0.2, -0.15) is 4.98 Å². The Morgan fingerprint density at radius 3 is 2.83 bits per heavy atom. The van der Waals surface area contributed by atoms with Gasteiger partial charge in [-0.1, -0.05) is 30.1 Å². The molecule has 0 bridgehead atoms. The van der Waals surface area contributed by atoms with Gasteiger partial charge in [0.1, 0.15) is 5.75 Å². The lowest BCUT2D eigenvalue weighted by molar-refractivity contribution is 0.307. The van der Waals surface area contributed by atoms with Gasteiger partial charge in [-0.05, 0) is 44.5 Å². The lowest BCUT2D eigenvalue weighted by Gasteiger charge is -2.25. The summed E-state index contributed by atoms with van der Waals surface area (Å²) in [5.41, 5.74) is 1.05. The highest BCUT2D eigenvalue weighted by molar-refractivity contribution is 5.38. The summed E-state index contributed by atoms with van der Waals surface area (Å²) in [5, 5.41) is 7.41. The topological polar surface area (TPSA) is 60.2 Å². The van der Waals surface area contributed by atoms with Gasteiger partial charge in [0, 0.05) is 12.5 Å². The number of nitrogens with one attached hydrogen (secondary N) is 1. The first-order valence-corrected chi connectivity index (χ1v) is 8.33. The fourth-order valence-electron chi connectivity index (χ4n) is 3.43. The molecular weight excluding hydrogens is 290 g/mol. The van der Waals surface area contributed by atoms with Gasteiger partial charge in [0.05, 0.1) is 12.5 Å². The first-order valence-electron chi connectivity index (χ1n) is 8.33. The summed E-state index contributed by atoms with van der Waals surface area (Å²) in [6.45, 7) is 2.11. The summed E-state index contributed by atoms with van der Waals surface area (Å²) in [5.74, 6) is 2.40. The molecule has 0 saturated heterocycles. The Bertz CT molecular complexity index is 647. The Labute approximate surface area is 137 Å². The Kier molecular flexibility index (Phi) is 4.66. The fraction of sp³-hybridized carbons (Fsp3) is 0.556. The van der Waals surface area contributed by atoms with Crippen LogP contribution in [-0.2, 0) is 11.8 Å². The molecule has 124 valence electrons. The van der Waals surface area contributed by atoms with Crippen molar-refractivity contribution in [1.82, 2.24) is 15.5 Å². The van der Waals surface area contributed by atoms with E-state index in [1.165, 1.54) is 18.4 Å². The first kappa shape index (κ1) is 16.0. The molecule has 0 spiro atoms. The van der Waals surface area contributed by atoms with Crippen LogP contribution < -0.4 is 10.1 Å². The van der Waals surface area contributed by atoms with Crippen LogP contribution in [-0.4, -0.2) is 30.3 Å². The van der Waals surface area contributed by atoms with Crippen molar-refractivity contribution in [3.8, 4) is 5.75 Å². The molecule has 1 saturated carbocycles. The summed E-state index contributed by atoms with van der Waals surface area (Å²) in [6.07, 6.45) is 5.23. The number of methoxy groups -OCH3 is 1. The van der Waals surface area contributed by atoms with Crippen molar-refractivity contribution in [3.63, 3.8) is 0 Å². The third-order valence-corrected chi connectivity index (χ3v) is 4.94. The number of likely N-dealkylation sites (N-methyl/N-ethyl adjacent to an activating group) is 1. The van der Waals surface area contributed by atoms with Crippen molar-refractivity contribution in [2.75, 3.05) is 14.2 Å². The van der Waals surface area contributed by atoms with Crippen LogP contribution in [0.2, 0.25) is 0 Å². The lowest BCUT2D eigenvalue weighted by Crippen LogP contribution is -2.25. The molecule has 0 amide bonds. The fourth-order valence-corrected chi connectivity index (χ4v) is 3.43. The van der Waals surface area contributed by atoms with Crippen LogP contribution in [0.1, 0.15) is 49.9 Å². The standard InChI is InChI=1S/C18H25N3O2/c1-13(19-2)11-16-20-17(23-21-16)18(9-4-5-10-18)14-7-6-8-15(12-14)22-3/h6-8,12-13,19H,4-5,9-11H2,1-3H3. The molecule has 1 atom stereocenters. The van der Waals surface area contributed by atoms with E-state index in [9.17, 15) is 0 Å². The molecule has 1 unspecified atom stereocenters. The first-order chi connectivity index (χ1) is 11.2. The van der Waals surface area contributed by atoms with Crippen molar-refractivity contribution in [2.24, 2.45) is 0 Å². The molecule has 1 aliphatic carbocycles. The van der Waals surface area contributed by atoms with Crippen molar-refractivity contribution < 1.29 is 9.26 Å². The Hall–Kier alpha value is -1.88. The van der Waals surface area contributed by atoms with E-state index in [0.29, 0.717) is 6.04 Å². The van der Waals surface area contributed by atoms with Crippen LogP contribution in [0.3, 0.4) is 0 Å². The minimum atomic E-state index is -0.164. The van der Waals surface area contributed by atoms with E-state index in [1.54, 1.807) is 7.11 Å². The monoisotopic (exact) mass is 315 g/mol. The zero-order valence-corrected chi connectivity index (χ0v) is 14.1. The van der Waals surface area contributed by atoms with Gasteiger partial charge in [-0.25, -0.2) is 0 Å². The summed E-state index contributed by atoms with van der Waals surface area (Å²) in [7, 11) is 3.64. The quantitative estimate of drug-likeness (QED) is 0.887. The van der Waals surface area contributed by atoms with Gasteiger partial charge in [0.25, 0.3) is 0 Å². The van der Waals surface area contributed by atoms with Crippen molar-refractivity contribution in [2.45, 2.75) is 50.5 Å². The van der Waals surface area contributed by atoms with E-state index in [2.05, 4.69) is 29.5 Å². The van der Waals surface area contributed by atoms with Crippen LogP contribution in [0.15, 0.2) is 28.8 Å². The maximum Gasteiger partial charge on any atom is 0.237 e. The third-order valence-electron chi connectivity index (χ3n) is 4.94. The molecule has 2 aromatic rings. The largest absolute Gasteiger partial charge is 0.497 e. The normalized spacial score (nSPS) is 18.0. The highest BCUT2D eigenvalue weighted by atomic mass is 16.5. The summed E-state index contributed by atoms with van der Waals surface area (Å²) in [6, 6.07) is 8.59. The molecular formula is C18H25N3O2. The molecule has 5 heteroatoms. The Morgan fingerprint density at radius 1 is 1.35 bits per heavy atom. The third kappa shape index (κ3) is 3.11. The van der Waals surface area contributed by atoms with E-state index < -0.39 is 0 Å². The van der Waals surface area contributed by atoms with Gasteiger partial charge in [0.2, 0.25) is 5.89 Å². The minimum Gasteiger partial charge on any atom is -0.497 e. The highest BCUT2D eigenvalue weighted by Gasteiger charge is 2.42. The predicted octanol–water partition coefficient (Wildman–Crippen LogP) is 3.09. The van der Waals surface area contributed by atoms with E-state index >= 15 is 0 Å². The molecule has 1 fully saturated rings. The highest BCUT2D eigenvalue weighted by Crippen LogP contribution is 2.46. The predicted molar refractivity (Wildman–Crippen MR) is 88.8 cm³/mol. The maximum absolute atomic E-state index is 5.70. The number of hydrogen-bond acceptors (Lipinski definition) is 5. The second-order valence-electron chi connectivity index (χ2n) is 6.43. The average molecular weight is 315 g/mol.